The second-order valence-corrected chi connectivity index (χ2v) is 8.22. The van der Waals surface area contributed by atoms with E-state index in [-0.39, 0.29) is 5.91 Å². The van der Waals surface area contributed by atoms with Crippen LogP contribution in [-0.4, -0.2) is 42.6 Å². The number of likely N-dealkylation sites (tertiary alicyclic amines) is 1. The first-order valence-electron chi connectivity index (χ1n) is 9.70. The Morgan fingerprint density at radius 3 is 2.70 bits per heavy atom. The van der Waals surface area contributed by atoms with E-state index in [4.69, 9.17) is 9.47 Å². The van der Waals surface area contributed by atoms with Crippen LogP contribution in [0.5, 0.6) is 11.5 Å². The van der Waals surface area contributed by atoms with Crippen LogP contribution in [0.15, 0.2) is 23.6 Å². The molecule has 1 aromatic heterocycles. The van der Waals surface area contributed by atoms with Crippen molar-refractivity contribution in [2.24, 2.45) is 5.92 Å². The number of hydrogen-bond donors (Lipinski definition) is 0. The van der Waals surface area contributed by atoms with E-state index in [0.717, 1.165) is 30.0 Å². The van der Waals surface area contributed by atoms with E-state index >= 15 is 0 Å². The fourth-order valence-electron chi connectivity index (χ4n) is 4.50. The Morgan fingerprint density at radius 2 is 1.89 bits per heavy atom. The molecule has 2 heterocycles. The third-order valence-corrected chi connectivity index (χ3v) is 6.75. The number of benzene rings is 1. The molecule has 2 fully saturated rings. The number of fused-ring (bicyclic) bond motifs is 1. The van der Waals surface area contributed by atoms with E-state index in [9.17, 15) is 4.79 Å². The fraction of sp³-hybridized carbons (Fsp3) is 0.524. The van der Waals surface area contributed by atoms with Gasteiger partial charge in [-0.1, -0.05) is 12.8 Å². The van der Waals surface area contributed by atoms with Crippen molar-refractivity contribution in [3.63, 3.8) is 0 Å². The van der Waals surface area contributed by atoms with Crippen molar-refractivity contribution < 1.29 is 14.3 Å². The van der Waals surface area contributed by atoms with Gasteiger partial charge in [0.25, 0.3) is 5.91 Å². The molecule has 27 heavy (non-hydrogen) atoms. The summed E-state index contributed by atoms with van der Waals surface area (Å²) < 4.78 is 10.7. The fourth-order valence-corrected chi connectivity index (χ4v) is 5.29. The van der Waals surface area contributed by atoms with E-state index in [1.165, 1.54) is 37.0 Å². The van der Waals surface area contributed by atoms with Crippen molar-refractivity contribution in [1.82, 2.24) is 9.88 Å². The largest absolute Gasteiger partial charge is 0.493 e. The summed E-state index contributed by atoms with van der Waals surface area (Å²) in [5.41, 5.74) is 1.50. The first-order valence-corrected chi connectivity index (χ1v) is 10.6. The number of hydrogen-bond acceptors (Lipinski definition) is 5. The monoisotopic (exact) mass is 386 g/mol. The van der Waals surface area contributed by atoms with E-state index in [1.54, 1.807) is 14.2 Å². The first-order chi connectivity index (χ1) is 13.2. The number of rotatable bonds is 4. The van der Waals surface area contributed by atoms with Gasteiger partial charge in [0, 0.05) is 23.5 Å². The highest BCUT2D eigenvalue weighted by Gasteiger charge is 2.36. The maximum absolute atomic E-state index is 13.1. The van der Waals surface area contributed by atoms with Gasteiger partial charge in [-0.15, -0.1) is 11.3 Å². The average molecular weight is 387 g/mol. The van der Waals surface area contributed by atoms with Crippen molar-refractivity contribution in [2.75, 3.05) is 20.8 Å². The van der Waals surface area contributed by atoms with E-state index in [2.05, 4.69) is 9.88 Å². The Balaban J connectivity index is 1.56. The second kappa shape index (κ2) is 7.89. The molecule has 1 aliphatic carbocycles. The summed E-state index contributed by atoms with van der Waals surface area (Å²) in [6, 6.07) is 6.14. The third-order valence-electron chi connectivity index (χ3n) is 5.86. The van der Waals surface area contributed by atoms with Gasteiger partial charge in [0.1, 0.15) is 10.7 Å². The molecule has 144 valence electrons. The summed E-state index contributed by atoms with van der Waals surface area (Å²) in [5, 5.41) is 2.72. The Hall–Kier alpha value is -2.08. The van der Waals surface area contributed by atoms with Crippen LogP contribution in [0, 0.1) is 5.92 Å². The molecule has 1 aliphatic heterocycles. The summed E-state index contributed by atoms with van der Waals surface area (Å²) in [6.07, 6.45) is 7.33. The molecule has 0 N–H and O–H groups in total. The van der Waals surface area contributed by atoms with Crippen LogP contribution < -0.4 is 9.47 Å². The lowest BCUT2D eigenvalue weighted by atomic mass is 9.78. The number of nitrogens with zero attached hydrogens (tertiary/aromatic N) is 2. The lowest BCUT2D eigenvalue weighted by molar-refractivity contribution is 0.0386. The number of ether oxygens (including phenoxy) is 2. The van der Waals surface area contributed by atoms with E-state index in [0.29, 0.717) is 29.2 Å². The number of amides is 1. The molecule has 2 atom stereocenters. The van der Waals surface area contributed by atoms with Gasteiger partial charge in [0.2, 0.25) is 0 Å². The highest BCUT2D eigenvalue weighted by molar-refractivity contribution is 7.13. The predicted octanol–water partition coefficient (Wildman–Crippen LogP) is 4.62. The topological polar surface area (TPSA) is 51.7 Å². The minimum Gasteiger partial charge on any atom is -0.493 e. The third kappa shape index (κ3) is 3.55. The van der Waals surface area contributed by atoms with Gasteiger partial charge in [0.15, 0.2) is 11.5 Å². The van der Waals surface area contributed by atoms with Gasteiger partial charge >= 0.3 is 0 Å². The van der Waals surface area contributed by atoms with Gasteiger partial charge in [-0.25, -0.2) is 4.98 Å². The summed E-state index contributed by atoms with van der Waals surface area (Å²) >= 11 is 1.50. The molecule has 5 nitrogen and oxygen atoms in total. The van der Waals surface area contributed by atoms with Gasteiger partial charge in [-0.2, -0.15) is 0 Å². The minimum absolute atomic E-state index is 0.0922. The first kappa shape index (κ1) is 18.3. The Bertz CT molecular complexity index is 818. The Labute approximate surface area is 164 Å². The highest BCUT2D eigenvalue weighted by atomic mass is 32.1. The predicted molar refractivity (Wildman–Crippen MR) is 107 cm³/mol. The lowest BCUT2D eigenvalue weighted by Crippen LogP contribution is -2.49. The van der Waals surface area contributed by atoms with Crippen molar-refractivity contribution in [3.8, 4) is 22.1 Å². The van der Waals surface area contributed by atoms with E-state index < -0.39 is 0 Å². The Morgan fingerprint density at radius 1 is 1.11 bits per heavy atom. The van der Waals surface area contributed by atoms with Crippen LogP contribution in [0.25, 0.3) is 10.6 Å². The smallest absolute Gasteiger partial charge is 0.273 e. The van der Waals surface area contributed by atoms with Crippen LogP contribution in [-0.2, 0) is 0 Å². The van der Waals surface area contributed by atoms with Crippen molar-refractivity contribution in [3.05, 3.63) is 29.3 Å². The normalized spacial score (nSPS) is 22.2. The summed E-state index contributed by atoms with van der Waals surface area (Å²) in [7, 11) is 3.24. The minimum atomic E-state index is 0.0922. The molecule has 1 saturated carbocycles. The van der Waals surface area contributed by atoms with Gasteiger partial charge in [-0.3, -0.25) is 4.79 Å². The van der Waals surface area contributed by atoms with Crippen LogP contribution in [0.1, 0.15) is 49.0 Å². The molecular weight excluding hydrogens is 360 g/mol. The van der Waals surface area contributed by atoms with Gasteiger partial charge in [0.05, 0.1) is 14.2 Å². The summed E-state index contributed by atoms with van der Waals surface area (Å²) in [6.45, 7) is 0.864. The number of carbonyl (C=O) groups excluding carboxylic acids is 1. The molecule has 0 radical (unpaired) electrons. The molecule has 0 bridgehead atoms. The van der Waals surface area contributed by atoms with E-state index in [1.807, 2.05) is 23.6 Å². The lowest BCUT2D eigenvalue weighted by Gasteiger charge is -2.43. The van der Waals surface area contributed by atoms with Gasteiger partial charge in [-0.05, 0) is 49.8 Å². The maximum Gasteiger partial charge on any atom is 0.273 e. The molecule has 6 heteroatoms. The molecule has 4 rings (SSSR count). The summed E-state index contributed by atoms with van der Waals surface area (Å²) in [5.74, 6) is 2.12. The molecule has 1 amide bonds. The molecule has 2 unspecified atom stereocenters. The van der Waals surface area contributed by atoms with Crippen molar-refractivity contribution in [2.45, 2.75) is 44.6 Å². The van der Waals surface area contributed by atoms with Crippen molar-refractivity contribution >= 4 is 17.2 Å². The molecule has 2 aromatic rings. The van der Waals surface area contributed by atoms with Crippen molar-refractivity contribution in [1.29, 1.82) is 0 Å². The average Bonchev–Trinajstić information content (AvgIpc) is 3.22. The zero-order valence-corrected chi connectivity index (χ0v) is 16.8. The van der Waals surface area contributed by atoms with Crippen LogP contribution >= 0.6 is 11.3 Å². The molecule has 0 spiro atoms. The molecule has 1 aromatic carbocycles. The van der Waals surface area contributed by atoms with Crippen LogP contribution in [0.2, 0.25) is 0 Å². The van der Waals surface area contributed by atoms with Crippen LogP contribution in [0.3, 0.4) is 0 Å². The standard InChI is InChI=1S/C21H26N2O3S/c1-25-18-10-9-15(12-19(18)26-2)20-22-16(13-27-20)21(24)23-11-5-7-14-6-3-4-8-17(14)23/h9-10,12-14,17H,3-8,11H2,1-2H3. The molecule has 2 aliphatic rings. The summed E-state index contributed by atoms with van der Waals surface area (Å²) in [4.78, 5) is 19.9. The molecule has 1 saturated heterocycles. The number of piperidine rings is 1. The SMILES string of the molecule is COc1ccc(-c2nc(C(=O)N3CCCC4CCCCC43)cs2)cc1OC. The highest BCUT2D eigenvalue weighted by Crippen LogP contribution is 2.37. The number of aromatic nitrogens is 1. The maximum atomic E-state index is 13.1. The Kier molecular flexibility index (Phi) is 5.34. The van der Waals surface area contributed by atoms with Crippen LogP contribution in [0.4, 0.5) is 0 Å². The second-order valence-electron chi connectivity index (χ2n) is 7.36. The number of methoxy groups -OCH3 is 2. The zero-order chi connectivity index (χ0) is 18.8. The molecular formula is C21H26N2O3S. The zero-order valence-electron chi connectivity index (χ0n) is 15.9. The number of thiazole rings is 1. The quantitative estimate of drug-likeness (QED) is 0.769. The van der Waals surface area contributed by atoms with Gasteiger partial charge < -0.3 is 14.4 Å². The number of carbonyl (C=O) groups is 1.